The van der Waals surface area contributed by atoms with Crippen molar-refractivity contribution in [2.45, 2.75) is 6.10 Å². The summed E-state index contributed by atoms with van der Waals surface area (Å²) in [6.07, 6.45) is -0.497. The number of benzene rings is 1. The van der Waals surface area contributed by atoms with Crippen molar-refractivity contribution in [2.24, 2.45) is 0 Å². The van der Waals surface area contributed by atoms with E-state index in [-0.39, 0.29) is 11.3 Å². The van der Waals surface area contributed by atoms with Crippen LogP contribution in [0, 0.1) is 15.9 Å². The van der Waals surface area contributed by atoms with Crippen molar-refractivity contribution in [1.29, 1.82) is 0 Å². The molecule has 1 saturated heterocycles. The molecule has 6 nitrogen and oxygen atoms in total. The van der Waals surface area contributed by atoms with Crippen LogP contribution in [0.15, 0.2) is 12.1 Å². The molecule has 92 valence electrons. The van der Waals surface area contributed by atoms with Crippen LogP contribution in [0.3, 0.4) is 0 Å². The lowest BCUT2D eigenvalue weighted by atomic mass is 10.1. The van der Waals surface area contributed by atoms with Gasteiger partial charge < -0.3 is 15.2 Å². The van der Waals surface area contributed by atoms with Crippen molar-refractivity contribution in [3.8, 4) is 5.75 Å². The van der Waals surface area contributed by atoms with Gasteiger partial charge in [-0.25, -0.2) is 0 Å². The van der Waals surface area contributed by atoms with Gasteiger partial charge in [-0.2, -0.15) is 4.39 Å². The molecular weight excluding hydrogens is 231 g/mol. The summed E-state index contributed by atoms with van der Waals surface area (Å²) in [5.41, 5.74) is -0.433. The molecule has 7 heteroatoms. The van der Waals surface area contributed by atoms with E-state index in [4.69, 9.17) is 4.74 Å². The number of nitrogens with zero attached hydrogens (tertiary/aromatic N) is 1. The number of phenols is 1. The molecule has 17 heavy (non-hydrogen) atoms. The second-order valence-corrected chi connectivity index (χ2v) is 3.68. The van der Waals surface area contributed by atoms with Gasteiger partial charge in [-0.1, -0.05) is 0 Å². The zero-order chi connectivity index (χ0) is 12.4. The highest BCUT2D eigenvalue weighted by Crippen LogP contribution is 2.33. The lowest BCUT2D eigenvalue weighted by Gasteiger charge is -2.24. The van der Waals surface area contributed by atoms with E-state index in [1.165, 1.54) is 0 Å². The van der Waals surface area contributed by atoms with Crippen LogP contribution >= 0.6 is 0 Å². The van der Waals surface area contributed by atoms with E-state index in [2.05, 4.69) is 5.32 Å². The molecule has 0 radical (unpaired) electrons. The number of hydrogen-bond acceptors (Lipinski definition) is 5. The minimum atomic E-state index is -1.06. The number of hydrogen-bond donors (Lipinski definition) is 2. The topological polar surface area (TPSA) is 84.6 Å². The third kappa shape index (κ3) is 2.34. The van der Waals surface area contributed by atoms with Crippen LogP contribution in [-0.2, 0) is 4.74 Å². The normalized spacial score (nSPS) is 20.2. The van der Waals surface area contributed by atoms with Crippen LogP contribution < -0.4 is 5.32 Å². The van der Waals surface area contributed by atoms with Gasteiger partial charge in [0, 0.05) is 30.8 Å². The molecule has 0 bridgehead atoms. The van der Waals surface area contributed by atoms with E-state index in [9.17, 15) is 19.6 Å². The zero-order valence-corrected chi connectivity index (χ0v) is 8.85. The zero-order valence-electron chi connectivity index (χ0n) is 8.85. The number of halogens is 1. The second kappa shape index (κ2) is 4.64. The van der Waals surface area contributed by atoms with Gasteiger partial charge in [-0.05, 0) is 0 Å². The number of nitro benzene ring substituents is 1. The van der Waals surface area contributed by atoms with E-state index in [0.29, 0.717) is 19.7 Å². The lowest BCUT2D eigenvalue weighted by Crippen LogP contribution is -2.33. The van der Waals surface area contributed by atoms with Crippen LogP contribution in [0.25, 0.3) is 0 Å². The molecule has 1 fully saturated rings. The molecule has 1 aromatic carbocycles. The van der Waals surface area contributed by atoms with Gasteiger partial charge in [-0.3, -0.25) is 10.1 Å². The Labute approximate surface area is 96.2 Å². The molecule has 1 atom stereocenters. The number of ether oxygens (including phenoxy) is 1. The van der Waals surface area contributed by atoms with Crippen molar-refractivity contribution in [3.05, 3.63) is 33.6 Å². The summed E-state index contributed by atoms with van der Waals surface area (Å²) in [6, 6.07) is 1.76. The monoisotopic (exact) mass is 242 g/mol. The molecular formula is C10H11FN2O4. The van der Waals surface area contributed by atoms with Crippen LogP contribution in [0.5, 0.6) is 5.75 Å². The van der Waals surface area contributed by atoms with Gasteiger partial charge in [0.1, 0.15) is 5.75 Å². The molecule has 0 saturated carbocycles. The van der Waals surface area contributed by atoms with Crippen molar-refractivity contribution in [2.75, 3.05) is 19.7 Å². The molecule has 1 aliphatic heterocycles. The number of nitro groups is 1. The van der Waals surface area contributed by atoms with Crippen molar-refractivity contribution < 1.29 is 19.2 Å². The third-order valence-electron chi connectivity index (χ3n) is 2.57. The first-order valence-electron chi connectivity index (χ1n) is 5.08. The summed E-state index contributed by atoms with van der Waals surface area (Å²) in [4.78, 5) is 9.77. The van der Waals surface area contributed by atoms with Gasteiger partial charge in [0.2, 0.25) is 5.82 Å². The van der Waals surface area contributed by atoms with Crippen molar-refractivity contribution >= 4 is 5.69 Å². The summed E-state index contributed by atoms with van der Waals surface area (Å²) in [5.74, 6) is -1.39. The highest BCUT2D eigenvalue weighted by atomic mass is 19.1. The largest absolute Gasteiger partial charge is 0.507 e. The van der Waals surface area contributed by atoms with Crippen LogP contribution in [0.4, 0.5) is 10.1 Å². The smallest absolute Gasteiger partial charge is 0.305 e. The first kappa shape index (κ1) is 11.7. The summed E-state index contributed by atoms with van der Waals surface area (Å²) in [5, 5.41) is 23.2. The maximum atomic E-state index is 13.2. The van der Waals surface area contributed by atoms with Gasteiger partial charge in [0.25, 0.3) is 0 Å². The Bertz CT molecular complexity index is 446. The SMILES string of the molecule is O=[N+]([O-])c1cc(C2CNCCO2)c(O)cc1F. The Hall–Kier alpha value is -1.73. The maximum Gasteiger partial charge on any atom is 0.305 e. The molecule has 1 heterocycles. The maximum absolute atomic E-state index is 13.2. The molecule has 0 spiro atoms. The average Bonchev–Trinajstić information content (AvgIpc) is 2.29. The van der Waals surface area contributed by atoms with Crippen LogP contribution in [0.1, 0.15) is 11.7 Å². The van der Waals surface area contributed by atoms with Crippen LogP contribution in [-0.4, -0.2) is 29.7 Å². The molecule has 2 N–H and O–H groups in total. The molecule has 0 aromatic heterocycles. The first-order chi connectivity index (χ1) is 8.09. The van der Waals surface area contributed by atoms with Crippen molar-refractivity contribution in [3.63, 3.8) is 0 Å². The highest BCUT2D eigenvalue weighted by molar-refractivity contribution is 5.45. The average molecular weight is 242 g/mol. The Balaban J connectivity index is 2.38. The van der Waals surface area contributed by atoms with E-state index >= 15 is 0 Å². The second-order valence-electron chi connectivity index (χ2n) is 3.68. The number of rotatable bonds is 2. The Morgan fingerprint density at radius 2 is 2.35 bits per heavy atom. The molecule has 1 aromatic rings. The molecule has 1 aliphatic rings. The highest BCUT2D eigenvalue weighted by Gasteiger charge is 2.24. The van der Waals surface area contributed by atoms with Crippen molar-refractivity contribution in [1.82, 2.24) is 5.32 Å². The minimum absolute atomic E-state index is 0.227. The van der Waals surface area contributed by atoms with E-state index in [0.717, 1.165) is 12.1 Å². The summed E-state index contributed by atoms with van der Waals surface area (Å²) in [6.45, 7) is 1.55. The Morgan fingerprint density at radius 1 is 1.59 bits per heavy atom. The Kier molecular flexibility index (Phi) is 3.21. The third-order valence-corrected chi connectivity index (χ3v) is 2.57. The summed E-state index contributed by atoms with van der Waals surface area (Å²) < 4.78 is 18.5. The van der Waals surface area contributed by atoms with Gasteiger partial charge in [0.15, 0.2) is 0 Å². The molecule has 1 unspecified atom stereocenters. The number of phenolic OH excluding ortho intramolecular Hbond substituents is 1. The summed E-state index contributed by atoms with van der Waals surface area (Å²) in [7, 11) is 0. The molecule has 0 amide bonds. The quantitative estimate of drug-likeness (QED) is 0.599. The van der Waals surface area contributed by atoms with E-state index in [1.807, 2.05) is 0 Å². The number of morpholine rings is 1. The van der Waals surface area contributed by atoms with Gasteiger partial charge in [-0.15, -0.1) is 0 Å². The first-order valence-corrected chi connectivity index (χ1v) is 5.08. The number of aromatic hydroxyl groups is 1. The summed E-state index contributed by atoms with van der Waals surface area (Å²) >= 11 is 0. The predicted molar refractivity (Wildman–Crippen MR) is 56.3 cm³/mol. The van der Waals surface area contributed by atoms with Crippen LogP contribution in [0.2, 0.25) is 0 Å². The standard InChI is InChI=1S/C10H11FN2O4/c11-7-4-9(14)6(3-8(7)13(15)16)10-5-12-1-2-17-10/h3-4,10,12,14H,1-2,5H2. The van der Waals surface area contributed by atoms with Gasteiger partial charge >= 0.3 is 5.69 Å². The molecule has 0 aliphatic carbocycles. The predicted octanol–water partition coefficient (Wildman–Crippen LogP) is 1.10. The fraction of sp³-hybridized carbons (Fsp3) is 0.400. The fourth-order valence-corrected chi connectivity index (χ4v) is 1.73. The van der Waals surface area contributed by atoms with Gasteiger partial charge in [0.05, 0.1) is 17.6 Å². The number of nitrogens with one attached hydrogen (secondary N) is 1. The van der Waals surface area contributed by atoms with E-state index < -0.39 is 22.5 Å². The van der Waals surface area contributed by atoms with E-state index in [1.54, 1.807) is 0 Å². The Morgan fingerprint density at radius 3 is 2.94 bits per heavy atom. The lowest BCUT2D eigenvalue weighted by molar-refractivity contribution is -0.387. The minimum Gasteiger partial charge on any atom is -0.507 e. The fourth-order valence-electron chi connectivity index (χ4n) is 1.73. The molecule has 2 rings (SSSR count).